The second-order valence-electron chi connectivity index (χ2n) is 4.09. The molecule has 0 bridgehead atoms. The summed E-state index contributed by atoms with van der Waals surface area (Å²) in [5.41, 5.74) is 0.741. The van der Waals surface area contributed by atoms with E-state index in [0.717, 1.165) is 10.0 Å². The van der Waals surface area contributed by atoms with Crippen LogP contribution in [0.25, 0.3) is 0 Å². The van der Waals surface area contributed by atoms with E-state index < -0.39 is 10.0 Å². The van der Waals surface area contributed by atoms with Crippen molar-refractivity contribution in [2.45, 2.75) is 4.90 Å². The highest BCUT2D eigenvalue weighted by Crippen LogP contribution is 2.14. The Balaban J connectivity index is 2.02. The van der Waals surface area contributed by atoms with Gasteiger partial charge < -0.3 is 0 Å². The van der Waals surface area contributed by atoms with Crippen LogP contribution in [0.3, 0.4) is 0 Å². The van der Waals surface area contributed by atoms with Crippen molar-refractivity contribution in [1.29, 1.82) is 0 Å². The van der Waals surface area contributed by atoms with Crippen LogP contribution in [0.4, 0.5) is 0 Å². The Bertz CT molecular complexity index is 792. The largest absolute Gasteiger partial charge is 0.241 e. The zero-order valence-corrected chi connectivity index (χ0v) is 14.0. The summed E-state index contributed by atoms with van der Waals surface area (Å²) in [6.45, 7) is 0.0326. The minimum atomic E-state index is -3.54. The first-order valence-corrected chi connectivity index (χ1v) is 8.62. The van der Waals surface area contributed by atoms with Crippen molar-refractivity contribution < 1.29 is 8.42 Å². The summed E-state index contributed by atoms with van der Waals surface area (Å²) in [7, 11) is -3.54. The van der Waals surface area contributed by atoms with Gasteiger partial charge in [0.2, 0.25) is 10.0 Å². The predicted molar refractivity (Wildman–Crippen MR) is 87.7 cm³/mol. The molecule has 2 aromatic rings. The van der Waals surface area contributed by atoms with Crippen LogP contribution < -0.4 is 4.72 Å². The lowest BCUT2D eigenvalue weighted by atomic mass is 10.2. The summed E-state index contributed by atoms with van der Waals surface area (Å²) in [6.07, 6.45) is 0. The van der Waals surface area contributed by atoms with Gasteiger partial charge in [0.15, 0.2) is 0 Å². The molecule has 0 aromatic heterocycles. The van der Waals surface area contributed by atoms with E-state index >= 15 is 0 Å². The summed E-state index contributed by atoms with van der Waals surface area (Å²) in [5, 5.41) is 0.595. The standard InChI is InChI=1S/C15H11BrClNO2S/c16-13-6-8-15(9-7-13)21(19,20)18-10-2-4-12-3-1-5-14(17)11-12/h1,3,5-9,11,18H,10H2. The highest BCUT2D eigenvalue weighted by Gasteiger charge is 2.11. The minimum absolute atomic E-state index is 0.0326. The SMILES string of the molecule is O=S(=O)(NCC#Cc1cccc(Cl)c1)c1ccc(Br)cc1. The van der Waals surface area contributed by atoms with Crippen LogP contribution in [0.5, 0.6) is 0 Å². The average molecular weight is 385 g/mol. The molecule has 21 heavy (non-hydrogen) atoms. The molecular formula is C15H11BrClNO2S. The van der Waals surface area contributed by atoms with Gasteiger partial charge in [0, 0.05) is 15.1 Å². The molecule has 0 amide bonds. The summed E-state index contributed by atoms with van der Waals surface area (Å²) >= 11 is 9.10. The highest BCUT2D eigenvalue weighted by atomic mass is 79.9. The fourth-order valence-electron chi connectivity index (χ4n) is 1.54. The molecule has 108 valence electrons. The molecular weight excluding hydrogens is 374 g/mol. The third kappa shape index (κ3) is 4.87. The molecule has 0 aliphatic rings. The number of halogens is 2. The van der Waals surface area contributed by atoms with Crippen LogP contribution >= 0.6 is 27.5 Å². The molecule has 6 heteroatoms. The van der Waals surface area contributed by atoms with E-state index in [4.69, 9.17) is 11.6 Å². The second-order valence-corrected chi connectivity index (χ2v) is 7.21. The van der Waals surface area contributed by atoms with E-state index in [9.17, 15) is 8.42 Å². The molecule has 0 radical (unpaired) electrons. The van der Waals surface area contributed by atoms with E-state index in [-0.39, 0.29) is 11.4 Å². The van der Waals surface area contributed by atoms with Gasteiger partial charge in [-0.3, -0.25) is 0 Å². The van der Waals surface area contributed by atoms with Gasteiger partial charge in [-0.2, -0.15) is 4.72 Å². The van der Waals surface area contributed by atoms with Gasteiger partial charge in [-0.05, 0) is 42.5 Å². The fourth-order valence-corrected chi connectivity index (χ4v) is 2.92. The lowest BCUT2D eigenvalue weighted by molar-refractivity contribution is 0.586. The Morgan fingerprint density at radius 3 is 2.52 bits per heavy atom. The fraction of sp³-hybridized carbons (Fsp3) is 0.0667. The maximum absolute atomic E-state index is 12.0. The number of hydrogen-bond acceptors (Lipinski definition) is 2. The van der Waals surface area contributed by atoms with Gasteiger partial charge in [0.05, 0.1) is 11.4 Å². The van der Waals surface area contributed by atoms with Gasteiger partial charge in [-0.15, -0.1) is 0 Å². The summed E-state index contributed by atoms with van der Waals surface area (Å²) in [6, 6.07) is 13.5. The molecule has 0 aliphatic carbocycles. The van der Waals surface area contributed by atoms with E-state index in [1.807, 2.05) is 6.07 Å². The summed E-state index contributed by atoms with van der Waals surface area (Å²) in [4.78, 5) is 0.204. The van der Waals surface area contributed by atoms with E-state index in [1.165, 1.54) is 12.1 Å². The number of rotatable bonds is 3. The van der Waals surface area contributed by atoms with Crippen molar-refractivity contribution in [3.8, 4) is 11.8 Å². The molecule has 0 heterocycles. The van der Waals surface area contributed by atoms with E-state index in [2.05, 4.69) is 32.5 Å². The lowest BCUT2D eigenvalue weighted by Crippen LogP contribution is -2.23. The van der Waals surface area contributed by atoms with Crippen LogP contribution in [-0.4, -0.2) is 15.0 Å². The molecule has 0 atom stereocenters. The maximum Gasteiger partial charge on any atom is 0.241 e. The van der Waals surface area contributed by atoms with Gasteiger partial charge >= 0.3 is 0 Å². The van der Waals surface area contributed by atoms with Gasteiger partial charge in [-0.1, -0.05) is 45.4 Å². The Morgan fingerprint density at radius 2 is 1.86 bits per heavy atom. The Morgan fingerprint density at radius 1 is 1.14 bits per heavy atom. The van der Waals surface area contributed by atoms with Crippen molar-refractivity contribution in [2.24, 2.45) is 0 Å². The van der Waals surface area contributed by atoms with Crippen LogP contribution in [0.15, 0.2) is 57.9 Å². The zero-order chi connectivity index (χ0) is 15.3. The molecule has 1 N–H and O–H groups in total. The number of nitrogens with one attached hydrogen (secondary N) is 1. The van der Waals surface area contributed by atoms with Gasteiger partial charge in [-0.25, -0.2) is 8.42 Å². The second kappa shape index (κ2) is 7.10. The molecule has 0 fully saturated rings. The topological polar surface area (TPSA) is 46.2 Å². The normalized spacial score (nSPS) is 10.8. The molecule has 2 rings (SSSR count). The first-order valence-electron chi connectivity index (χ1n) is 5.97. The average Bonchev–Trinajstić information content (AvgIpc) is 2.44. The molecule has 3 nitrogen and oxygen atoms in total. The van der Waals surface area contributed by atoms with Crippen LogP contribution in [-0.2, 0) is 10.0 Å². The van der Waals surface area contributed by atoms with Crippen LogP contribution in [0.1, 0.15) is 5.56 Å². The Kier molecular flexibility index (Phi) is 5.43. The van der Waals surface area contributed by atoms with Crippen molar-refractivity contribution >= 4 is 37.6 Å². The molecule has 0 saturated heterocycles. The van der Waals surface area contributed by atoms with Crippen molar-refractivity contribution in [3.63, 3.8) is 0 Å². The molecule has 0 aliphatic heterocycles. The van der Waals surface area contributed by atoms with E-state index in [1.54, 1.807) is 30.3 Å². The predicted octanol–water partition coefficient (Wildman–Crippen LogP) is 3.43. The van der Waals surface area contributed by atoms with Crippen molar-refractivity contribution in [1.82, 2.24) is 4.72 Å². The zero-order valence-electron chi connectivity index (χ0n) is 10.8. The molecule has 2 aromatic carbocycles. The first-order chi connectivity index (χ1) is 9.97. The quantitative estimate of drug-likeness (QED) is 0.824. The minimum Gasteiger partial charge on any atom is -0.207 e. The van der Waals surface area contributed by atoms with Gasteiger partial charge in [0.1, 0.15) is 0 Å². The third-order valence-corrected chi connectivity index (χ3v) is 4.71. The van der Waals surface area contributed by atoms with Gasteiger partial charge in [0.25, 0.3) is 0 Å². The van der Waals surface area contributed by atoms with Crippen molar-refractivity contribution in [2.75, 3.05) is 6.54 Å². The molecule has 0 spiro atoms. The van der Waals surface area contributed by atoms with E-state index in [0.29, 0.717) is 5.02 Å². The maximum atomic E-state index is 12.0. The monoisotopic (exact) mass is 383 g/mol. The number of benzene rings is 2. The molecule has 0 unspecified atom stereocenters. The smallest absolute Gasteiger partial charge is 0.207 e. The first kappa shape index (κ1) is 16.1. The summed E-state index contributed by atoms with van der Waals surface area (Å²) < 4.78 is 27.2. The Labute approximate surface area is 137 Å². The summed E-state index contributed by atoms with van der Waals surface area (Å²) in [5.74, 6) is 5.61. The van der Waals surface area contributed by atoms with Crippen molar-refractivity contribution in [3.05, 3.63) is 63.6 Å². The highest BCUT2D eigenvalue weighted by molar-refractivity contribution is 9.10. The Hall–Kier alpha value is -1.32. The molecule has 0 saturated carbocycles. The number of hydrogen-bond donors (Lipinski definition) is 1. The lowest BCUT2D eigenvalue weighted by Gasteiger charge is -2.03. The van der Waals surface area contributed by atoms with Crippen LogP contribution in [0.2, 0.25) is 5.02 Å². The van der Waals surface area contributed by atoms with Crippen LogP contribution in [0, 0.1) is 11.8 Å². The number of sulfonamides is 1. The third-order valence-electron chi connectivity index (χ3n) is 2.53.